The molecule has 0 saturated heterocycles. The molecule has 5 rings (SSSR count). The van der Waals surface area contributed by atoms with Gasteiger partial charge < -0.3 is 15.5 Å². The second-order valence-corrected chi connectivity index (χ2v) is 9.42. The van der Waals surface area contributed by atoms with E-state index < -0.39 is 11.3 Å². The van der Waals surface area contributed by atoms with Crippen molar-refractivity contribution in [1.29, 1.82) is 0 Å². The highest BCUT2D eigenvalue weighted by Gasteiger charge is 2.40. The van der Waals surface area contributed by atoms with Gasteiger partial charge >= 0.3 is 0 Å². The summed E-state index contributed by atoms with van der Waals surface area (Å²) in [5, 5.41) is 30.6. The van der Waals surface area contributed by atoms with Crippen LogP contribution in [0.15, 0.2) is 115 Å². The van der Waals surface area contributed by atoms with Crippen molar-refractivity contribution in [3.8, 4) is 0 Å². The molecule has 1 aromatic heterocycles. The first kappa shape index (κ1) is 27.3. The molecule has 1 heterocycles. The third-order valence-electron chi connectivity index (χ3n) is 6.52. The normalized spacial score (nSPS) is 11.7. The van der Waals surface area contributed by atoms with Crippen LogP contribution in [0, 0.1) is 0 Å². The van der Waals surface area contributed by atoms with E-state index in [4.69, 9.17) is 5.10 Å². The Bertz CT molecular complexity index is 1320. The Morgan fingerprint density at radius 3 is 1.61 bits per heavy atom. The zero-order valence-corrected chi connectivity index (χ0v) is 22.4. The van der Waals surface area contributed by atoms with Crippen LogP contribution < -0.4 is 5.32 Å². The van der Waals surface area contributed by atoms with E-state index in [-0.39, 0.29) is 6.54 Å². The molecule has 0 saturated carbocycles. The molecular formula is C33H37N3O2. The average Bonchev–Trinajstić information content (AvgIpc) is 3.39. The lowest BCUT2D eigenvalue weighted by Crippen LogP contribution is -2.38. The number of nitrogens with zero attached hydrogens (tertiary/aromatic N) is 2. The van der Waals surface area contributed by atoms with Gasteiger partial charge in [-0.2, -0.15) is 5.10 Å². The van der Waals surface area contributed by atoms with E-state index in [1.807, 2.05) is 84.5 Å². The fraction of sp³-hybridized carbons (Fsp3) is 0.242. The minimum atomic E-state index is -2.03. The van der Waals surface area contributed by atoms with Crippen LogP contribution >= 0.6 is 0 Å². The molecule has 196 valence electrons. The molecule has 0 aliphatic carbocycles. The van der Waals surface area contributed by atoms with Crippen LogP contribution in [0.25, 0.3) is 10.9 Å². The average molecular weight is 508 g/mol. The monoisotopic (exact) mass is 507 g/mol. The molecule has 5 aromatic rings. The van der Waals surface area contributed by atoms with Crippen molar-refractivity contribution >= 4 is 10.9 Å². The number of rotatable bonds is 8. The summed E-state index contributed by atoms with van der Waals surface area (Å²) in [6.07, 6.45) is 3.19. The Hall–Kier alpha value is -3.77. The van der Waals surface area contributed by atoms with Crippen LogP contribution in [-0.2, 0) is 11.3 Å². The molecule has 0 fully saturated rings. The van der Waals surface area contributed by atoms with Gasteiger partial charge in [0.2, 0.25) is 5.79 Å². The first-order chi connectivity index (χ1) is 18.5. The molecule has 0 aliphatic rings. The van der Waals surface area contributed by atoms with Gasteiger partial charge in [-0.05, 0) is 29.3 Å². The van der Waals surface area contributed by atoms with Crippen molar-refractivity contribution < 1.29 is 10.2 Å². The number of hydrogen-bond donors (Lipinski definition) is 3. The number of hydrogen-bond acceptors (Lipinski definition) is 4. The molecule has 5 heteroatoms. The molecule has 0 atom stereocenters. The fourth-order valence-corrected chi connectivity index (χ4v) is 4.89. The topological polar surface area (TPSA) is 70.3 Å². The standard InChI is InChI=1S/C30H29N3O2.C3H8/c1-2-31-22-29(34,35)27-19-12-20-28-26(27)21-33(32-28)30(23-13-6-3-7-14-23,24-15-8-4-9-16-24)25-17-10-5-11-18-25;1-3-2/h3-21,31,34-35H,2,22H2,1H3;3H2,1-2H3. The summed E-state index contributed by atoms with van der Waals surface area (Å²) in [5.74, 6) is -2.03. The number of aliphatic hydroxyl groups is 2. The maximum atomic E-state index is 10.9. The molecule has 3 N–H and O–H groups in total. The largest absolute Gasteiger partial charge is 0.361 e. The van der Waals surface area contributed by atoms with Crippen molar-refractivity contribution in [2.24, 2.45) is 0 Å². The molecule has 0 bridgehead atoms. The Morgan fingerprint density at radius 1 is 0.684 bits per heavy atom. The van der Waals surface area contributed by atoms with Crippen molar-refractivity contribution in [2.45, 2.75) is 38.5 Å². The van der Waals surface area contributed by atoms with Crippen molar-refractivity contribution in [3.63, 3.8) is 0 Å². The molecule has 38 heavy (non-hydrogen) atoms. The van der Waals surface area contributed by atoms with Crippen LogP contribution in [0.1, 0.15) is 49.4 Å². The first-order valence-electron chi connectivity index (χ1n) is 13.3. The van der Waals surface area contributed by atoms with Gasteiger partial charge in [-0.3, -0.25) is 4.68 Å². The number of nitrogens with one attached hydrogen (secondary N) is 1. The Kier molecular flexibility index (Phi) is 8.74. The summed E-state index contributed by atoms with van der Waals surface area (Å²) >= 11 is 0. The third-order valence-corrected chi connectivity index (χ3v) is 6.52. The quantitative estimate of drug-likeness (QED) is 0.177. The smallest absolute Gasteiger partial charge is 0.203 e. The van der Waals surface area contributed by atoms with Gasteiger partial charge in [0.1, 0.15) is 5.54 Å². The lowest BCUT2D eigenvalue weighted by atomic mass is 9.77. The van der Waals surface area contributed by atoms with E-state index in [9.17, 15) is 10.2 Å². The maximum absolute atomic E-state index is 10.9. The van der Waals surface area contributed by atoms with Gasteiger partial charge in [0.25, 0.3) is 0 Å². The summed E-state index contributed by atoms with van der Waals surface area (Å²) in [4.78, 5) is 0. The van der Waals surface area contributed by atoms with Gasteiger partial charge in [0.15, 0.2) is 0 Å². The first-order valence-corrected chi connectivity index (χ1v) is 13.3. The summed E-state index contributed by atoms with van der Waals surface area (Å²) in [7, 11) is 0. The summed E-state index contributed by atoms with van der Waals surface area (Å²) in [6, 6.07) is 36.4. The summed E-state index contributed by atoms with van der Waals surface area (Å²) in [5.41, 5.74) is 3.51. The summed E-state index contributed by atoms with van der Waals surface area (Å²) < 4.78 is 1.96. The van der Waals surface area contributed by atoms with Crippen LogP contribution in [0.4, 0.5) is 0 Å². The van der Waals surface area contributed by atoms with Gasteiger partial charge in [-0.1, -0.05) is 130 Å². The highest BCUT2D eigenvalue weighted by atomic mass is 16.5. The summed E-state index contributed by atoms with van der Waals surface area (Å²) in [6.45, 7) is 6.84. The lowest BCUT2D eigenvalue weighted by Gasteiger charge is -2.36. The van der Waals surface area contributed by atoms with E-state index in [1.54, 1.807) is 6.07 Å². The second kappa shape index (κ2) is 12.2. The predicted octanol–water partition coefficient (Wildman–Crippen LogP) is 6.04. The molecule has 0 radical (unpaired) electrons. The van der Waals surface area contributed by atoms with E-state index in [0.29, 0.717) is 23.0 Å². The SMILES string of the molecule is CCC.CCNCC(O)(O)c1cccc2nn(C(c3ccccc3)(c3ccccc3)c3ccccc3)cc12. The fourth-order valence-electron chi connectivity index (χ4n) is 4.89. The zero-order chi connectivity index (χ0) is 27.0. The van der Waals surface area contributed by atoms with Crippen LogP contribution in [-0.4, -0.2) is 33.1 Å². The number of likely N-dealkylation sites (N-methyl/N-ethyl adjacent to an activating group) is 1. The van der Waals surface area contributed by atoms with Crippen molar-refractivity contribution in [3.05, 3.63) is 138 Å². The van der Waals surface area contributed by atoms with Gasteiger partial charge in [-0.15, -0.1) is 0 Å². The second-order valence-electron chi connectivity index (χ2n) is 9.42. The number of fused-ring (bicyclic) bond motifs is 1. The lowest BCUT2D eigenvalue weighted by molar-refractivity contribution is -0.164. The van der Waals surface area contributed by atoms with E-state index in [1.165, 1.54) is 6.42 Å². The van der Waals surface area contributed by atoms with Crippen molar-refractivity contribution in [1.82, 2.24) is 15.1 Å². The van der Waals surface area contributed by atoms with Gasteiger partial charge in [-0.25, -0.2) is 0 Å². The zero-order valence-electron chi connectivity index (χ0n) is 22.4. The van der Waals surface area contributed by atoms with Crippen LogP contribution in [0.2, 0.25) is 0 Å². The Morgan fingerprint density at radius 2 is 1.16 bits per heavy atom. The Labute approximate surface area is 225 Å². The molecule has 0 unspecified atom stereocenters. The highest BCUT2D eigenvalue weighted by molar-refractivity contribution is 5.83. The molecule has 0 spiro atoms. The minimum absolute atomic E-state index is 0.0228. The van der Waals surface area contributed by atoms with Crippen LogP contribution in [0.3, 0.4) is 0 Å². The number of aromatic nitrogens is 2. The van der Waals surface area contributed by atoms with Crippen LogP contribution in [0.5, 0.6) is 0 Å². The molecular weight excluding hydrogens is 470 g/mol. The van der Waals surface area contributed by atoms with Gasteiger partial charge in [0.05, 0.1) is 12.1 Å². The molecule has 4 aromatic carbocycles. The third kappa shape index (κ3) is 5.27. The highest BCUT2D eigenvalue weighted by Crippen LogP contribution is 2.41. The van der Waals surface area contributed by atoms with E-state index in [2.05, 4.69) is 55.6 Å². The minimum Gasteiger partial charge on any atom is -0.361 e. The Balaban J connectivity index is 0.00000107. The molecule has 0 amide bonds. The molecule has 0 aliphatic heterocycles. The van der Waals surface area contributed by atoms with E-state index >= 15 is 0 Å². The maximum Gasteiger partial charge on any atom is 0.203 e. The predicted molar refractivity (Wildman–Crippen MR) is 155 cm³/mol. The van der Waals surface area contributed by atoms with Gasteiger partial charge in [0, 0.05) is 17.1 Å². The number of benzene rings is 4. The van der Waals surface area contributed by atoms with E-state index in [0.717, 1.165) is 16.7 Å². The molecule has 5 nitrogen and oxygen atoms in total. The van der Waals surface area contributed by atoms with Crippen molar-refractivity contribution in [2.75, 3.05) is 13.1 Å².